The van der Waals surface area contributed by atoms with Gasteiger partial charge in [-0.2, -0.15) is 13.2 Å². The van der Waals surface area contributed by atoms with Crippen molar-refractivity contribution in [1.82, 2.24) is 0 Å². The molecule has 2 aromatic rings. The number of hydrogen-bond acceptors (Lipinski definition) is 3. The molecule has 0 spiro atoms. The molecule has 0 bridgehead atoms. The van der Waals surface area contributed by atoms with Gasteiger partial charge >= 0.3 is 6.18 Å². The summed E-state index contributed by atoms with van der Waals surface area (Å²) < 4.78 is 40.6. The van der Waals surface area contributed by atoms with Crippen LogP contribution in [0.2, 0.25) is 5.02 Å². The van der Waals surface area contributed by atoms with Crippen LogP contribution in [-0.4, -0.2) is 4.92 Å². The minimum Gasteiger partial charge on any atom is -0.376 e. The Balaban J connectivity index is 1.82. The third-order valence-corrected chi connectivity index (χ3v) is 5.55. The molecule has 0 unspecified atom stereocenters. The largest absolute Gasteiger partial charge is 0.416 e. The van der Waals surface area contributed by atoms with Crippen LogP contribution >= 0.6 is 11.6 Å². The van der Waals surface area contributed by atoms with Crippen molar-refractivity contribution in [3.05, 3.63) is 80.4 Å². The zero-order valence-electron chi connectivity index (χ0n) is 13.8. The van der Waals surface area contributed by atoms with Gasteiger partial charge in [-0.1, -0.05) is 35.9 Å². The Bertz CT molecular complexity index is 941. The normalized spacial score (nSPS) is 23.5. The molecule has 2 aromatic carbocycles. The van der Waals surface area contributed by atoms with Crippen LogP contribution in [0.3, 0.4) is 0 Å². The summed E-state index contributed by atoms with van der Waals surface area (Å²) in [4.78, 5) is 10.4. The number of allylic oxidation sites excluding steroid dienone is 2. The number of nitro benzene ring substituents is 1. The van der Waals surface area contributed by atoms with Crippen molar-refractivity contribution in [1.29, 1.82) is 0 Å². The summed E-state index contributed by atoms with van der Waals surface area (Å²) in [6.07, 6.45) is -0.181. The highest BCUT2D eigenvalue weighted by Crippen LogP contribution is 2.54. The van der Waals surface area contributed by atoms with Crippen molar-refractivity contribution in [2.24, 2.45) is 5.92 Å². The Morgan fingerprint density at radius 1 is 1.15 bits per heavy atom. The Kier molecular flexibility index (Phi) is 4.14. The topological polar surface area (TPSA) is 55.2 Å². The number of alkyl halides is 3. The first kappa shape index (κ1) is 17.9. The van der Waals surface area contributed by atoms with Crippen LogP contribution in [0.4, 0.5) is 24.5 Å². The van der Waals surface area contributed by atoms with Crippen LogP contribution in [0, 0.1) is 16.0 Å². The number of halogens is 4. The number of nitro groups is 1. The summed E-state index contributed by atoms with van der Waals surface area (Å²) in [5, 5.41) is 14.3. The van der Waals surface area contributed by atoms with E-state index in [-0.39, 0.29) is 33.9 Å². The summed E-state index contributed by atoms with van der Waals surface area (Å²) in [6, 6.07) is 8.06. The van der Waals surface area contributed by atoms with Gasteiger partial charge < -0.3 is 5.32 Å². The molecular formula is C19H14ClF3N2O2. The van der Waals surface area contributed by atoms with Gasteiger partial charge in [0.1, 0.15) is 0 Å². The van der Waals surface area contributed by atoms with Crippen molar-refractivity contribution < 1.29 is 18.1 Å². The third kappa shape index (κ3) is 2.96. The van der Waals surface area contributed by atoms with Gasteiger partial charge in [0.25, 0.3) is 5.69 Å². The molecule has 0 fully saturated rings. The molecule has 4 rings (SSSR count). The fraction of sp³-hybridized carbons (Fsp3) is 0.263. The molecule has 1 aliphatic heterocycles. The highest BCUT2D eigenvalue weighted by Gasteiger charge is 2.44. The maximum absolute atomic E-state index is 13.5. The number of nitrogens with zero attached hydrogens (tertiary/aromatic N) is 1. The molecule has 1 N–H and O–H groups in total. The number of non-ortho nitro benzene ring substituents is 1. The van der Waals surface area contributed by atoms with Crippen LogP contribution < -0.4 is 5.32 Å². The van der Waals surface area contributed by atoms with Crippen LogP contribution in [0.1, 0.15) is 35.1 Å². The average Bonchev–Trinajstić information content (AvgIpc) is 3.10. The van der Waals surface area contributed by atoms with Gasteiger partial charge in [-0.3, -0.25) is 10.1 Å². The van der Waals surface area contributed by atoms with E-state index in [1.54, 1.807) is 18.2 Å². The number of anilines is 1. The summed E-state index contributed by atoms with van der Waals surface area (Å²) in [5.74, 6) is -0.546. The van der Waals surface area contributed by atoms with Crippen molar-refractivity contribution in [3.63, 3.8) is 0 Å². The fourth-order valence-electron chi connectivity index (χ4n) is 4.05. The first-order valence-electron chi connectivity index (χ1n) is 8.34. The zero-order chi connectivity index (χ0) is 19.3. The van der Waals surface area contributed by atoms with Crippen LogP contribution in [0.5, 0.6) is 0 Å². The van der Waals surface area contributed by atoms with Crippen LogP contribution in [-0.2, 0) is 6.18 Å². The third-order valence-electron chi connectivity index (χ3n) is 5.24. The lowest BCUT2D eigenvalue weighted by atomic mass is 9.75. The number of rotatable bonds is 2. The van der Waals surface area contributed by atoms with Crippen molar-refractivity contribution in [2.45, 2.75) is 24.6 Å². The Labute approximate surface area is 157 Å². The zero-order valence-corrected chi connectivity index (χ0v) is 14.6. The summed E-state index contributed by atoms with van der Waals surface area (Å²) in [7, 11) is 0. The molecule has 140 valence electrons. The smallest absolute Gasteiger partial charge is 0.376 e. The first-order valence-corrected chi connectivity index (χ1v) is 8.72. The first-order chi connectivity index (χ1) is 12.8. The van der Waals surface area contributed by atoms with Gasteiger partial charge in [0.15, 0.2) is 0 Å². The molecule has 8 heteroatoms. The van der Waals surface area contributed by atoms with E-state index >= 15 is 0 Å². The molecule has 27 heavy (non-hydrogen) atoms. The monoisotopic (exact) mass is 394 g/mol. The van der Waals surface area contributed by atoms with Crippen molar-refractivity contribution in [2.75, 3.05) is 5.32 Å². The van der Waals surface area contributed by atoms with Crippen LogP contribution in [0.15, 0.2) is 48.6 Å². The number of hydrogen-bond donors (Lipinski definition) is 1. The number of nitrogens with one attached hydrogen (secondary N) is 1. The second-order valence-electron chi connectivity index (χ2n) is 6.71. The second kappa shape index (κ2) is 6.27. The molecule has 0 amide bonds. The van der Waals surface area contributed by atoms with E-state index in [9.17, 15) is 23.3 Å². The van der Waals surface area contributed by atoms with Gasteiger partial charge in [0.2, 0.25) is 0 Å². The highest BCUT2D eigenvalue weighted by molar-refractivity contribution is 6.33. The van der Waals surface area contributed by atoms with Crippen molar-refractivity contribution >= 4 is 23.0 Å². The standard InChI is InChI=1S/C19H14ClF3N2O2/c20-15-9-8-14(19(21,22)23)16-12-2-1-3-13(12)17(24-18(15)16)10-4-6-11(7-5-10)25(26)27/h1-2,4-9,12-13,17,24H,3H2/t12-,13-,17+/m0/s1. The number of fused-ring (bicyclic) bond motifs is 3. The average molecular weight is 395 g/mol. The SMILES string of the molecule is O=[N+]([O-])c1ccc([C@H]2Nc3c(Cl)ccc(C(F)(F)F)c3[C@H]3C=CC[C@@H]32)cc1. The van der Waals surface area contributed by atoms with Gasteiger partial charge in [-0.25, -0.2) is 0 Å². The van der Waals surface area contributed by atoms with E-state index < -0.39 is 22.6 Å². The molecule has 0 saturated heterocycles. The lowest BCUT2D eigenvalue weighted by Crippen LogP contribution is -2.31. The summed E-state index contributed by atoms with van der Waals surface area (Å²) in [6.45, 7) is 0. The van der Waals surface area contributed by atoms with E-state index in [1.807, 2.05) is 6.08 Å². The second-order valence-corrected chi connectivity index (χ2v) is 7.11. The minimum absolute atomic E-state index is 0.0338. The molecule has 1 aliphatic carbocycles. The van der Waals surface area contributed by atoms with E-state index in [2.05, 4.69) is 5.32 Å². The quantitative estimate of drug-likeness (QED) is 0.380. The molecule has 0 saturated carbocycles. The molecule has 4 nitrogen and oxygen atoms in total. The van der Waals surface area contributed by atoms with Gasteiger partial charge in [0, 0.05) is 18.1 Å². The summed E-state index contributed by atoms with van der Waals surface area (Å²) in [5.41, 5.74) is 0.513. The van der Waals surface area contributed by atoms with E-state index in [0.717, 1.165) is 11.6 Å². The van der Waals surface area contributed by atoms with E-state index in [4.69, 9.17) is 11.6 Å². The molecular weight excluding hydrogens is 381 g/mol. The minimum atomic E-state index is -4.47. The summed E-state index contributed by atoms with van der Waals surface area (Å²) >= 11 is 6.23. The predicted molar refractivity (Wildman–Crippen MR) is 95.9 cm³/mol. The fourth-order valence-corrected chi connectivity index (χ4v) is 4.27. The molecule has 2 aliphatic rings. The maximum Gasteiger partial charge on any atom is 0.416 e. The molecule has 0 radical (unpaired) electrons. The van der Waals surface area contributed by atoms with Gasteiger partial charge in [0.05, 0.1) is 27.2 Å². The van der Waals surface area contributed by atoms with Crippen LogP contribution in [0.25, 0.3) is 0 Å². The molecule has 1 heterocycles. The lowest BCUT2D eigenvalue weighted by Gasteiger charge is -2.39. The molecule has 0 aromatic heterocycles. The van der Waals surface area contributed by atoms with E-state index in [1.165, 1.54) is 18.2 Å². The van der Waals surface area contributed by atoms with Crippen molar-refractivity contribution in [3.8, 4) is 0 Å². The van der Waals surface area contributed by atoms with Gasteiger partial charge in [-0.15, -0.1) is 0 Å². The Morgan fingerprint density at radius 3 is 2.48 bits per heavy atom. The van der Waals surface area contributed by atoms with E-state index in [0.29, 0.717) is 6.42 Å². The lowest BCUT2D eigenvalue weighted by molar-refractivity contribution is -0.384. The molecule has 3 atom stereocenters. The highest BCUT2D eigenvalue weighted by atomic mass is 35.5. The maximum atomic E-state index is 13.5. The predicted octanol–water partition coefficient (Wildman–Crippen LogP) is 6.09. The Morgan fingerprint density at radius 2 is 1.85 bits per heavy atom. The Hall–Kier alpha value is -2.54. The number of benzene rings is 2. The van der Waals surface area contributed by atoms with Gasteiger partial charge in [-0.05, 0) is 35.6 Å².